The summed E-state index contributed by atoms with van der Waals surface area (Å²) >= 11 is 0. The van der Waals surface area contributed by atoms with Crippen LogP contribution >= 0.6 is 0 Å². The lowest BCUT2D eigenvalue weighted by molar-refractivity contribution is -0.126. The first-order chi connectivity index (χ1) is 11.4. The van der Waals surface area contributed by atoms with Gasteiger partial charge >= 0.3 is 0 Å². The van der Waals surface area contributed by atoms with Crippen molar-refractivity contribution < 1.29 is 9.53 Å². The topological polar surface area (TPSA) is 29.5 Å². The van der Waals surface area contributed by atoms with Gasteiger partial charge < -0.3 is 9.64 Å². The molecule has 0 atom stereocenters. The Morgan fingerprint density at radius 2 is 1.75 bits per heavy atom. The van der Waals surface area contributed by atoms with Crippen molar-refractivity contribution in [1.29, 1.82) is 0 Å². The number of carbonyl (C=O) groups excluding carboxylic acids is 1. The maximum Gasteiger partial charge on any atom is 0.253 e. The van der Waals surface area contributed by atoms with E-state index in [0.29, 0.717) is 13.2 Å². The van der Waals surface area contributed by atoms with Crippen molar-refractivity contribution in [3.8, 4) is 0 Å². The molecule has 0 aromatic heterocycles. The van der Waals surface area contributed by atoms with Crippen LogP contribution in [0.4, 0.5) is 0 Å². The molecule has 0 saturated heterocycles. The molecule has 0 heterocycles. The third kappa shape index (κ3) is 7.75. The number of amides is 1. The van der Waals surface area contributed by atoms with Gasteiger partial charge in [0.2, 0.25) is 0 Å². The summed E-state index contributed by atoms with van der Waals surface area (Å²) in [5, 5.41) is 0. The normalized spacial score (nSPS) is 12.6. The van der Waals surface area contributed by atoms with Crippen molar-refractivity contribution in [1.82, 2.24) is 4.90 Å². The number of hydrogen-bond donors (Lipinski definition) is 0. The van der Waals surface area contributed by atoms with Crippen molar-refractivity contribution in [3.05, 3.63) is 59.3 Å². The number of ether oxygens (including phenoxy) is 1. The van der Waals surface area contributed by atoms with Crippen LogP contribution in [0.5, 0.6) is 0 Å². The zero-order chi connectivity index (χ0) is 18.0. The molecule has 24 heavy (non-hydrogen) atoms. The minimum atomic E-state index is -1.48. The Bertz CT molecular complexity index is 555. The lowest BCUT2D eigenvalue weighted by atomic mass is 10.2. The fourth-order valence-corrected chi connectivity index (χ4v) is 3.49. The molecular weight excluding hydrogens is 314 g/mol. The molecule has 0 fully saturated rings. The standard InChI is InChI=1S/C20H31NO2Si/c1-6-21(7-2)20(22)19(17-24(3,4)5)14-11-15-23-16-18-12-9-8-10-13-18/h8-14,17H,6-7,15-16H2,1-5H3. The zero-order valence-electron chi connectivity index (χ0n) is 15.7. The van der Waals surface area contributed by atoms with Gasteiger partial charge in [0.15, 0.2) is 0 Å². The molecule has 0 bridgehead atoms. The van der Waals surface area contributed by atoms with Gasteiger partial charge in [-0.2, -0.15) is 0 Å². The van der Waals surface area contributed by atoms with E-state index in [1.54, 1.807) is 0 Å². The summed E-state index contributed by atoms with van der Waals surface area (Å²) in [6, 6.07) is 10.1. The monoisotopic (exact) mass is 345 g/mol. The van der Waals surface area contributed by atoms with Gasteiger partial charge in [-0.25, -0.2) is 0 Å². The maximum atomic E-state index is 12.7. The maximum absolute atomic E-state index is 12.7. The summed E-state index contributed by atoms with van der Waals surface area (Å²) in [7, 11) is -1.48. The Labute approximate surface area is 148 Å². The van der Waals surface area contributed by atoms with E-state index >= 15 is 0 Å². The van der Waals surface area contributed by atoms with Crippen LogP contribution in [0, 0.1) is 0 Å². The minimum Gasteiger partial charge on any atom is -0.373 e. The van der Waals surface area contributed by atoms with E-state index in [9.17, 15) is 4.79 Å². The number of likely N-dealkylation sites (N-methyl/N-ethyl adjacent to an activating group) is 1. The summed E-state index contributed by atoms with van der Waals surface area (Å²) in [4.78, 5) is 14.5. The fourth-order valence-electron chi connectivity index (χ4n) is 2.34. The van der Waals surface area contributed by atoms with Crippen molar-refractivity contribution in [2.75, 3.05) is 19.7 Å². The fraction of sp³-hybridized carbons (Fsp3) is 0.450. The van der Waals surface area contributed by atoms with E-state index in [4.69, 9.17) is 4.74 Å². The van der Waals surface area contributed by atoms with Crippen molar-refractivity contribution in [2.24, 2.45) is 0 Å². The van der Waals surface area contributed by atoms with Crippen LogP contribution in [0.15, 0.2) is 53.8 Å². The SMILES string of the molecule is CCN(CC)C(=O)C(C=CCOCc1ccccc1)=C[Si](C)(C)C. The van der Waals surface area contributed by atoms with Crippen LogP contribution in [0.2, 0.25) is 19.6 Å². The van der Waals surface area contributed by atoms with E-state index in [1.807, 2.05) is 61.2 Å². The Kier molecular flexibility index (Phi) is 8.72. The third-order valence-electron chi connectivity index (χ3n) is 3.51. The highest BCUT2D eigenvalue weighted by atomic mass is 28.3. The molecular formula is C20H31NO2Si. The molecule has 1 aromatic rings. The highest BCUT2D eigenvalue weighted by Gasteiger charge is 2.17. The zero-order valence-corrected chi connectivity index (χ0v) is 16.7. The molecule has 1 amide bonds. The predicted molar refractivity (Wildman–Crippen MR) is 105 cm³/mol. The van der Waals surface area contributed by atoms with Gasteiger partial charge in [-0.3, -0.25) is 4.79 Å². The van der Waals surface area contributed by atoms with E-state index in [2.05, 4.69) is 25.3 Å². The molecule has 4 heteroatoms. The summed E-state index contributed by atoms with van der Waals surface area (Å²) in [6.45, 7) is 13.3. The molecule has 0 N–H and O–H groups in total. The molecule has 0 spiro atoms. The van der Waals surface area contributed by atoms with E-state index in [1.165, 1.54) is 0 Å². The van der Waals surface area contributed by atoms with Gasteiger partial charge in [0.1, 0.15) is 0 Å². The number of hydrogen-bond acceptors (Lipinski definition) is 2. The Hall–Kier alpha value is -1.65. The van der Waals surface area contributed by atoms with E-state index < -0.39 is 8.07 Å². The summed E-state index contributed by atoms with van der Waals surface area (Å²) in [5.74, 6) is 0.113. The first kappa shape index (κ1) is 20.4. The number of rotatable bonds is 9. The molecule has 1 rings (SSSR count). The van der Waals surface area contributed by atoms with Crippen LogP contribution in [-0.2, 0) is 16.1 Å². The lowest BCUT2D eigenvalue weighted by Crippen LogP contribution is -2.32. The molecule has 0 aliphatic rings. The largest absolute Gasteiger partial charge is 0.373 e. The van der Waals surface area contributed by atoms with Gasteiger partial charge in [0.25, 0.3) is 5.91 Å². The van der Waals surface area contributed by atoms with E-state index in [-0.39, 0.29) is 5.91 Å². The molecule has 1 aromatic carbocycles. The van der Waals surface area contributed by atoms with Crippen LogP contribution in [0.3, 0.4) is 0 Å². The van der Waals surface area contributed by atoms with Crippen LogP contribution in [0.25, 0.3) is 0 Å². The van der Waals surface area contributed by atoms with Gasteiger partial charge in [0.05, 0.1) is 21.3 Å². The van der Waals surface area contributed by atoms with Crippen LogP contribution in [0.1, 0.15) is 19.4 Å². The van der Waals surface area contributed by atoms with Crippen LogP contribution < -0.4 is 0 Å². The molecule has 0 unspecified atom stereocenters. The van der Waals surface area contributed by atoms with Crippen molar-refractivity contribution in [3.63, 3.8) is 0 Å². The summed E-state index contributed by atoms with van der Waals surface area (Å²) in [5.41, 5.74) is 4.12. The number of benzene rings is 1. The average Bonchev–Trinajstić information content (AvgIpc) is 2.54. The first-order valence-corrected chi connectivity index (χ1v) is 12.3. The number of carbonyl (C=O) groups is 1. The number of nitrogens with zero attached hydrogens (tertiary/aromatic N) is 1. The molecule has 0 saturated carbocycles. The third-order valence-corrected chi connectivity index (χ3v) is 4.69. The second-order valence-electron chi connectivity index (χ2n) is 6.85. The van der Waals surface area contributed by atoms with Gasteiger partial charge in [-0.1, -0.05) is 67.8 Å². The highest BCUT2D eigenvalue weighted by Crippen LogP contribution is 2.12. The predicted octanol–water partition coefficient (Wildman–Crippen LogP) is 4.43. The molecule has 0 aliphatic carbocycles. The van der Waals surface area contributed by atoms with Gasteiger partial charge in [0, 0.05) is 18.7 Å². The second-order valence-corrected chi connectivity index (χ2v) is 11.9. The quantitative estimate of drug-likeness (QED) is 0.287. The molecule has 3 nitrogen and oxygen atoms in total. The summed E-state index contributed by atoms with van der Waals surface area (Å²) < 4.78 is 5.67. The van der Waals surface area contributed by atoms with Crippen molar-refractivity contribution in [2.45, 2.75) is 40.1 Å². The second kappa shape index (κ2) is 10.3. The first-order valence-electron chi connectivity index (χ1n) is 8.67. The smallest absolute Gasteiger partial charge is 0.253 e. The molecule has 0 aliphatic heterocycles. The van der Waals surface area contributed by atoms with Gasteiger partial charge in [-0.15, -0.1) is 0 Å². The molecule has 0 radical (unpaired) electrons. The Morgan fingerprint density at radius 1 is 1.12 bits per heavy atom. The van der Waals surface area contributed by atoms with Gasteiger partial charge in [-0.05, 0) is 19.4 Å². The summed E-state index contributed by atoms with van der Waals surface area (Å²) in [6.07, 6.45) is 3.86. The minimum absolute atomic E-state index is 0.113. The van der Waals surface area contributed by atoms with Crippen molar-refractivity contribution >= 4 is 14.0 Å². The highest BCUT2D eigenvalue weighted by molar-refractivity contribution is 6.81. The van der Waals surface area contributed by atoms with E-state index in [0.717, 1.165) is 24.2 Å². The molecule has 132 valence electrons. The lowest BCUT2D eigenvalue weighted by Gasteiger charge is -2.21. The Balaban J connectivity index is 2.67. The Morgan fingerprint density at radius 3 is 2.29 bits per heavy atom. The average molecular weight is 346 g/mol. The van der Waals surface area contributed by atoms with Crippen LogP contribution in [-0.4, -0.2) is 38.6 Å².